The Bertz CT molecular complexity index is 1250. The van der Waals surface area contributed by atoms with Crippen molar-refractivity contribution in [1.82, 2.24) is 5.43 Å². The molecule has 3 aromatic carbocycles. The lowest BCUT2D eigenvalue weighted by Crippen LogP contribution is -2.39. The third-order valence-corrected chi connectivity index (χ3v) is 7.07. The largest absolute Gasteiger partial charge is 0.497 e. The van der Waals surface area contributed by atoms with Gasteiger partial charge in [-0.15, -0.1) is 0 Å². The summed E-state index contributed by atoms with van der Waals surface area (Å²) in [6, 6.07) is 19.9. The third kappa shape index (κ3) is 5.91. The molecule has 0 heterocycles. The molecule has 0 atom stereocenters. The van der Waals surface area contributed by atoms with E-state index in [0.29, 0.717) is 5.75 Å². The van der Waals surface area contributed by atoms with Crippen molar-refractivity contribution in [2.75, 3.05) is 25.1 Å². The van der Waals surface area contributed by atoms with Gasteiger partial charge in [0.25, 0.3) is 15.9 Å². The molecule has 8 nitrogen and oxygen atoms in total. The lowest BCUT2D eigenvalue weighted by Gasteiger charge is -2.25. The fraction of sp³-hybridized carbons (Fsp3) is 0.130. The van der Waals surface area contributed by atoms with E-state index in [1.54, 1.807) is 30.3 Å². The second-order valence-electron chi connectivity index (χ2n) is 6.68. The van der Waals surface area contributed by atoms with E-state index in [-0.39, 0.29) is 16.3 Å². The maximum atomic E-state index is 13.5. The molecular formula is C23H22BrN3O5S. The summed E-state index contributed by atoms with van der Waals surface area (Å²) in [5, 5.41) is 3.95. The number of carbonyl (C=O) groups excluding carboxylic acids is 1. The van der Waals surface area contributed by atoms with E-state index < -0.39 is 22.5 Å². The minimum atomic E-state index is -4.11. The molecule has 0 radical (unpaired) electrons. The monoisotopic (exact) mass is 531 g/mol. The molecular weight excluding hydrogens is 510 g/mol. The quantitative estimate of drug-likeness (QED) is 0.334. The summed E-state index contributed by atoms with van der Waals surface area (Å²) < 4.78 is 39.3. The number of carbonyl (C=O) groups is 1. The van der Waals surface area contributed by atoms with Crippen LogP contribution in [0.25, 0.3) is 0 Å². The first-order chi connectivity index (χ1) is 15.9. The fourth-order valence-corrected chi connectivity index (χ4v) is 4.76. The Morgan fingerprint density at radius 2 is 1.73 bits per heavy atom. The van der Waals surface area contributed by atoms with Crippen LogP contribution in [0.5, 0.6) is 11.5 Å². The highest BCUT2D eigenvalue weighted by atomic mass is 79.9. The minimum absolute atomic E-state index is 0.0272. The molecule has 0 aromatic heterocycles. The minimum Gasteiger partial charge on any atom is -0.497 e. The first-order valence-electron chi connectivity index (χ1n) is 9.73. The number of ether oxygens (including phenoxy) is 2. The van der Waals surface area contributed by atoms with Crippen LogP contribution in [0, 0.1) is 0 Å². The van der Waals surface area contributed by atoms with Gasteiger partial charge in [-0.3, -0.25) is 9.10 Å². The molecule has 0 fully saturated rings. The number of methoxy groups -OCH3 is 2. The number of sulfonamides is 1. The Labute approximate surface area is 201 Å². The fourth-order valence-electron chi connectivity index (χ4n) is 2.93. The summed E-state index contributed by atoms with van der Waals surface area (Å²) in [7, 11) is -1.23. The van der Waals surface area contributed by atoms with Crippen LogP contribution in [0.2, 0.25) is 0 Å². The molecule has 3 rings (SSSR count). The van der Waals surface area contributed by atoms with Gasteiger partial charge in [0.1, 0.15) is 18.0 Å². The molecule has 0 saturated carbocycles. The van der Waals surface area contributed by atoms with Crippen LogP contribution in [-0.4, -0.2) is 41.3 Å². The summed E-state index contributed by atoms with van der Waals surface area (Å²) >= 11 is 3.40. The highest BCUT2D eigenvalue weighted by molar-refractivity contribution is 9.10. The zero-order valence-corrected chi connectivity index (χ0v) is 20.3. The molecule has 3 aromatic rings. The van der Waals surface area contributed by atoms with Crippen molar-refractivity contribution in [2.45, 2.75) is 4.90 Å². The van der Waals surface area contributed by atoms with Crippen molar-refractivity contribution in [3.8, 4) is 11.5 Å². The van der Waals surface area contributed by atoms with Gasteiger partial charge in [-0.1, -0.05) is 52.3 Å². The summed E-state index contributed by atoms with van der Waals surface area (Å²) in [6.45, 7) is -0.534. The normalized spacial score (nSPS) is 11.2. The lowest BCUT2D eigenvalue weighted by atomic mass is 10.2. The first-order valence-corrected chi connectivity index (χ1v) is 12.0. The number of hydrogen-bond acceptors (Lipinski definition) is 6. The van der Waals surface area contributed by atoms with Crippen LogP contribution in [0.4, 0.5) is 5.69 Å². The van der Waals surface area contributed by atoms with Crippen LogP contribution >= 0.6 is 15.9 Å². The van der Waals surface area contributed by atoms with E-state index in [0.717, 1.165) is 14.3 Å². The van der Waals surface area contributed by atoms with Crippen molar-refractivity contribution >= 4 is 43.8 Å². The van der Waals surface area contributed by atoms with Gasteiger partial charge in [-0.05, 0) is 30.3 Å². The van der Waals surface area contributed by atoms with Crippen molar-refractivity contribution in [2.24, 2.45) is 5.10 Å². The molecule has 1 N–H and O–H groups in total. The number of halogens is 1. The number of benzene rings is 3. The molecule has 0 bridgehead atoms. The molecule has 0 aliphatic carbocycles. The van der Waals surface area contributed by atoms with Gasteiger partial charge in [0.15, 0.2) is 0 Å². The van der Waals surface area contributed by atoms with Crippen molar-refractivity contribution in [1.29, 1.82) is 0 Å². The second kappa shape index (κ2) is 11.0. The summed E-state index contributed by atoms with van der Waals surface area (Å²) in [5.41, 5.74) is 3.29. The van der Waals surface area contributed by atoms with Crippen molar-refractivity contribution in [3.63, 3.8) is 0 Å². The number of anilines is 1. The highest BCUT2D eigenvalue weighted by Gasteiger charge is 2.29. The number of amides is 1. The van der Waals surface area contributed by atoms with Crippen molar-refractivity contribution in [3.05, 3.63) is 82.8 Å². The van der Waals surface area contributed by atoms with Gasteiger partial charge < -0.3 is 9.47 Å². The van der Waals surface area contributed by atoms with Gasteiger partial charge in [-0.25, -0.2) is 13.8 Å². The Morgan fingerprint density at radius 1 is 1.03 bits per heavy atom. The van der Waals surface area contributed by atoms with Crippen molar-refractivity contribution < 1.29 is 22.7 Å². The zero-order valence-electron chi connectivity index (χ0n) is 17.9. The maximum absolute atomic E-state index is 13.5. The Kier molecular flexibility index (Phi) is 8.07. The smallest absolute Gasteiger partial charge is 0.264 e. The summed E-state index contributed by atoms with van der Waals surface area (Å²) in [4.78, 5) is 12.7. The van der Waals surface area contributed by atoms with Crippen LogP contribution in [0.3, 0.4) is 0 Å². The molecule has 33 heavy (non-hydrogen) atoms. The summed E-state index contributed by atoms with van der Waals surface area (Å²) in [5.74, 6) is 0.0360. The molecule has 172 valence electrons. The number of hydrogen-bond donors (Lipinski definition) is 1. The van der Waals surface area contributed by atoms with E-state index >= 15 is 0 Å². The van der Waals surface area contributed by atoms with E-state index in [1.807, 2.05) is 24.3 Å². The van der Waals surface area contributed by atoms with Gasteiger partial charge in [0.2, 0.25) is 0 Å². The first kappa shape index (κ1) is 24.3. The molecule has 0 saturated heterocycles. The van der Waals surface area contributed by atoms with Crippen LogP contribution in [0.15, 0.2) is 87.3 Å². The topological polar surface area (TPSA) is 97.3 Å². The average molecular weight is 532 g/mol. The molecule has 0 unspecified atom stereocenters. The Balaban J connectivity index is 1.94. The van der Waals surface area contributed by atoms with Crippen LogP contribution in [-0.2, 0) is 14.8 Å². The predicted octanol–water partition coefficient (Wildman–Crippen LogP) is 3.81. The van der Waals surface area contributed by atoms with E-state index in [2.05, 4.69) is 26.5 Å². The maximum Gasteiger partial charge on any atom is 0.264 e. The van der Waals surface area contributed by atoms with E-state index in [9.17, 15) is 13.2 Å². The second-order valence-corrected chi connectivity index (χ2v) is 9.39. The number of nitrogens with one attached hydrogen (secondary N) is 1. The van der Waals surface area contributed by atoms with Crippen LogP contribution in [0.1, 0.15) is 5.56 Å². The lowest BCUT2D eigenvalue weighted by molar-refractivity contribution is -0.119. The van der Waals surface area contributed by atoms with Gasteiger partial charge in [0.05, 0.1) is 31.0 Å². The standard InChI is InChI=1S/C23H22BrN3O5S/c1-31-18-12-13-22(32-2)21(14-18)27(33(29,30)19-9-4-3-5-10-19)16-23(28)26-25-15-17-8-6-7-11-20(17)24/h3-15H,16H2,1-2H3,(H,26,28)/b25-15+. The van der Waals surface area contributed by atoms with E-state index in [4.69, 9.17) is 9.47 Å². The molecule has 10 heteroatoms. The molecule has 0 aliphatic heterocycles. The third-order valence-electron chi connectivity index (χ3n) is 4.57. The van der Waals surface area contributed by atoms with E-state index in [1.165, 1.54) is 38.6 Å². The Morgan fingerprint density at radius 3 is 2.39 bits per heavy atom. The summed E-state index contributed by atoms with van der Waals surface area (Å²) in [6.07, 6.45) is 1.46. The van der Waals surface area contributed by atoms with Crippen LogP contribution < -0.4 is 19.2 Å². The molecule has 0 spiro atoms. The highest BCUT2D eigenvalue weighted by Crippen LogP contribution is 2.35. The number of hydrazone groups is 1. The SMILES string of the molecule is COc1ccc(OC)c(N(CC(=O)N/N=C/c2ccccc2Br)S(=O)(=O)c2ccccc2)c1. The number of nitrogens with zero attached hydrogens (tertiary/aromatic N) is 2. The zero-order chi connectivity index (χ0) is 23.8. The molecule has 1 amide bonds. The van der Waals surface area contributed by atoms with Gasteiger partial charge in [0, 0.05) is 16.1 Å². The predicted molar refractivity (Wildman–Crippen MR) is 130 cm³/mol. The molecule has 0 aliphatic rings. The Hall–Kier alpha value is -3.37. The van der Waals surface area contributed by atoms with Gasteiger partial charge in [-0.2, -0.15) is 5.10 Å². The average Bonchev–Trinajstić information content (AvgIpc) is 2.83. The van der Waals surface area contributed by atoms with Gasteiger partial charge >= 0.3 is 0 Å². The number of rotatable bonds is 9.